The first-order valence-corrected chi connectivity index (χ1v) is 4.09. The van der Waals surface area contributed by atoms with Gasteiger partial charge in [-0.15, -0.1) is 0 Å². The monoisotopic (exact) mass is 197 g/mol. The minimum Gasteiger partial charge on any atom is -0.258 e. The largest absolute Gasteiger partial charge is 0.270 e. The molecule has 0 bridgehead atoms. The Kier molecular flexibility index (Phi) is 3.03. The summed E-state index contributed by atoms with van der Waals surface area (Å²) in [5.41, 5.74) is 0.799. The van der Waals surface area contributed by atoms with Crippen LogP contribution in [0.3, 0.4) is 0 Å². The van der Waals surface area contributed by atoms with E-state index in [1.54, 1.807) is 12.1 Å². The molecule has 0 radical (unpaired) electrons. The molecule has 0 spiro atoms. The molecule has 0 aliphatic carbocycles. The fraction of sp³-hybridized carbons (Fsp3) is 0.111. The first kappa shape index (κ1) is 9.74. The molecular weight excluding hydrogens is 190 g/mol. The highest BCUT2D eigenvalue weighted by molar-refractivity contribution is 6.32. The molecule has 0 amide bonds. The number of hydrogen-bond acceptors (Lipinski definition) is 2. The molecule has 0 aliphatic rings. The van der Waals surface area contributed by atoms with E-state index in [4.69, 9.17) is 11.6 Å². The van der Waals surface area contributed by atoms with Crippen LogP contribution in [0.5, 0.6) is 0 Å². The summed E-state index contributed by atoms with van der Waals surface area (Å²) in [6.07, 6.45) is 3.62. The lowest BCUT2D eigenvalue weighted by Gasteiger charge is -1.97. The van der Waals surface area contributed by atoms with E-state index in [1.165, 1.54) is 12.1 Å². The van der Waals surface area contributed by atoms with E-state index in [0.717, 1.165) is 5.56 Å². The number of nitrogens with zero attached hydrogens (tertiary/aromatic N) is 1. The Morgan fingerprint density at radius 1 is 1.54 bits per heavy atom. The Bertz CT molecular complexity index is 361. The van der Waals surface area contributed by atoms with Gasteiger partial charge in [-0.05, 0) is 18.6 Å². The lowest BCUT2D eigenvalue weighted by atomic mass is 10.2. The van der Waals surface area contributed by atoms with E-state index in [-0.39, 0.29) is 5.69 Å². The molecule has 0 aliphatic heterocycles. The SMILES string of the molecule is C/C=C/c1ccc([N+](=O)[O-])cc1Cl. The molecule has 0 saturated carbocycles. The van der Waals surface area contributed by atoms with Gasteiger partial charge in [0.1, 0.15) is 0 Å². The summed E-state index contributed by atoms with van der Waals surface area (Å²) in [6, 6.07) is 4.40. The molecule has 1 aromatic carbocycles. The van der Waals surface area contributed by atoms with E-state index in [1.807, 2.05) is 13.0 Å². The summed E-state index contributed by atoms with van der Waals surface area (Å²) in [7, 11) is 0. The fourth-order valence-electron chi connectivity index (χ4n) is 0.944. The number of rotatable bonds is 2. The van der Waals surface area contributed by atoms with E-state index < -0.39 is 4.92 Å². The van der Waals surface area contributed by atoms with E-state index >= 15 is 0 Å². The molecule has 1 rings (SSSR count). The van der Waals surface area contributed by atoms with Crippen molar-refractivity contribution in [3.05, 3.63) is 45.0 Å². The number of non-ortho nitro benzene ring substituents is 1. The topological polar surface area (TPSA) is 43.1 Å². The third-order valence-electron chi connectivity index (χ3n) is 1.54. The molecule has 68 valence electrons. The molecule has 0 heterocycles. The summed E-state index contributed by atoms with van der Waals surface area (Å²) < 4.78 is 0. The average molecular weight is 198 g/mol. The van der Waals surface area contributed by atoms with Gasteiger partial charge in [0, 0.05) is 12.1 Å². The number of halogens is 1. The zero-order chi connectivity index (χ0) is 9.84. The van der Waals surface area contributed by atoms with E-state index in [2.05, 4.69) is 0 Å². The van der Waals surface area contributed by atoms with Gasteiger partial charge >= 0.3 is 0 Å². The van der Waals surface area contributed by atoms with Crippen molar-refractivity contribution in [1.82, 2.24) is 0 Å². The van der Waals surface area contributed by atoms with Gasteiger partial charge in [0.15, 0.2) is 0 Å². The molecule has 0 unspecified atom stereocenters. The lowest BCUT2D eigenvalue weighted by Crippen LogP contribution is -1.87. The molecular formula is C9H8ClNO2. The normalized spacial score (nSPS) is 10.6. The maximum atomic E-state index is 10.4. The predicted molar refractivity (Wildman–Crippen MR) is 52.8 cm³/mol. The van der Waals surface area contributed by atoms with Gasteiger partial charge in [0.05, 0.1) is 9.95 Å². The Labute approximate surface area is 80.8 Å². The number of allylic oxidation sites excluding steroid dienone is 1. The van der Waals surface area contributed by atoms with Gasteiger partial charge in [0.2, 0.25) is 0 Å². The smallest absolute Gasteiger partial charge is 0.258 e. The van der Waals surface area contributed by atoms with Crippen molar-refractivity contribution in [2.24, 2.45) is 0 Å². The molecule has 13 heavy (non-hydrogen) atoms. The van der Waals surface area contributed by atoms with Gasteiger partial charge in [-0.25, -0.2) is 0 Å². The Morgan fingerprint density at radius 2 is 2.23 bits per heavy atom. The average Bonchev–Trinajstić information content (AvgIpc) is 2.08. The first-order chi connectivity index (χ1) is 6.15. The Morgan fingerprint density at radius 3 is 2.69 bits per heavy atom. The van der Waals surface area contributed by atoms with E-state index in [0.29, 0.717) is 5.02 Å². The van der Waals surface area contributed by atoms with Gasteiger partial charge in [-0.1, -0.05) is 23.8 Å². The maximum Gasteiger partial charge on any atom is 0.270 e. The Balaban J connectivity index is 3.12. The number of benzene rings is 1. The third-order valence-corrected chi connectivity index (χ3v) is 1.87. The minimum atomic E-state index is -0.467. The molecule has 1 aromatic rings. The van der Waals surface area contributed by atoms with Crippen LogP contribution in [0, 0.1) is 10.1 Å². The lowest BCUT2D eigenvalue weighted by molar-refractivity contribution is -0.384. The highest BCUT2D eigenvalue weighted by atomic mass is 35.5. The second-order valence-electron chi connectivity index (χ2n) is 2.46. The summed E-state index contributed by atoms with van der Waals surface area (Å²) in [6.45, 7) is 1.86. The second kappa shape index (κ2) is 4.05. The third kappa shape index (κ3) is 2.29. The summed E-state index contributed by atoms with van der Waals surface area (Å²) in [5, 5.41) is 10.7. The second-order valence-corrected chi connectivity index (χ2v) is 2.87. The number of nitro benzene ring substituents is 1. The van der Waals surface area contributed by atoms with Crippen molar-refractivity contribution in [2.45, 2.75) is 6.92 Å². The molecule has 4 heteroatoms. The predicted octanol–water partition coefficient (Wildman–Crippen LogP) is 3.28. The van der Waals surface area contributed by atoms with Crippen LogP contribution in [0.2, 0.25) is 5.02 Å². The van der Waals surface area contributed by atoms with Crippen molar-refractivity contribution in [3.8, 4) is 0 Å². The van der Waals surface area contributed by atoms with Gasteiger partial charge < -0.3 is 0 Å². The summed E-state index contributed by atoms with van der Waals surface area (Å²) in [4.78, 5) is 9.88. The standard InChI is InChI=1S/C9H8ClNO2/c1-2-3-7-4-5-8(11(12)13)6-9(7)10/h2-6H,1H3/b3-2+. The maximum absolute atomic E-state index is 10.4. The van der Waals surface area contributed by atoms with Crippen LogP contribution < -0.4 is 0 Å². The molecule has 0 atom stereocenters. The highest BCUT2D eigenvalue weighted by Crippen LogP contribution is 2.23. The van der Waals surface area contributed by atoms with Crippen molar-refractivity contribution in [3.63, 3.8) is 0 Å². The van der Waals surface area contributed by atoms with Crippen LogP contribution >= 0.6 is 11.6 Å². The van der Waals surface area contributed by atoms with Gasteiger partial charge in [-0.2, -0.15) is 0 Å². The highest BCUT2D eigenvalue weighted by Gasteiger charge is 2.06. The number of nitro groups is 1. The minimum absolute atomic E-state index is 0.0123. The molecule has 0 fully saturated rings. The zero-order valence-electron chi connectivity index (χ0n) is 7.03. The van der Waals surface area contributed by atoms with Crippen molar-refractivity contribution in [1.29, 1.82) is 0 Å². The van der Waals surface area contributed by atoms with Crippen LogP contribution in [0.4, 0.5) is 5.69 Å². The quantitative estimate of drug-likeness (QED) is 0.539. The van der Waals surface area contributed by atoms with Gasteiger partial charge in [-0.3, -0.25) is 10.1 Å². The van der Waals surface area contributed by atoms with Crippen LogP contribution in [0.25, 0.3) is 6.08 Å². The molecule has 3 nitrogen and oxygen atoms in total. The zero-order valence-corrected chi connectivity index (χ0v) is 7.78. The Hall–Kier alpha value is -1.35. The van der Waals surface area contributed by atoms with E-state index in [9.17, 15) is 10.1 Å². The van der Waals surface area contributed by atoms with Crippen LogP contribution in [0.1, 0.15) is 12.5 Å². The van der Waals surface area contributed by atoms with Crippen LogP contribution in [-0.4, -0.2) is 4.92 Å². The van der Waals surface area contributed by atoms with Crippen molar-refractivity contribution >= 4 is 23.4 Å². The van der Waals surface area contributed by atoms with Crippen molar-refractivity contribution < 1.29 is 4.92 Å². The fourth-order valence-corrected chi connectivity index (χ4v) is 1.18. The van der Waals surface area contributed by atoms with Crippen LogP contribution in [-0.2, 0) is 0 Å². The van der Waals surface area contributed by atoms with Gasteiger partial charge in [0.25, 0.3) is 5.69 Å². The molecule has 0 N–H and O–H groups in total. The molecule has 0 saturated heterocycles. The first-order valence-electron chi connectivity index (χ1n) is 3.72. The van der Waals surface area contributed by atoms with Crippen LogP contribution in [0.15, 0.2) is 24.3 Å². The number of hydrogen-bond donors (Lipinski definition) is 0. The summed E-state index contributed by atoms with van der Waals surface area (Å²) >= 11 is 5.80. The molecule has 0 aromatic heterocycles. The summed E-state index contributed by atoms with van der Waals surface area (Å²) in [5.74, 6) is 0. The van der Waals surface area contributed by atoms with Crippen molar-refractivity contribution in [2.75, 3.05) is 0 Å².